The summed E-state index contributed by atoms with van der Waals surface area (Å²) in [5.41, 5.74) is 0.613. The SMILES string of the molecule is CC(C)(CO)CNCc1c(C(=O)O)sc2ccccc12. The van der Waals surface area contributed by atoms with E-state index in [0.29, 0.717) is 18.0 Å². The maximum atomic E-state index is 11.4. The largest absolute Gasteiger partial charge is 0.477 e. The summed E-state index contributed by atoms with van der Waals surface area (Å²) >= 11 is 1.31. The van der Waals surface area contributed by atoms with Gasteiger partial charge in [-0.15, -0.1) is 11.3 Å². The Morgan fingerprint density at radius 1 is 1.35 bits per heavy atom. The minimum Gasteiger partial charge on any atom is -0.477 e. The zero-order valence-electron chi connectivity index (χ0n) is 11.6. The topological polar surface area (TPSA) is 69.6 Å². The lowest BCUT2D eigenvalue weighted by Crippen LogP contribution is -2.32. The average Bonchev–Trinajstić information content (AvgIpc) is 2.78. The first-order valence-corrected chi connectivity index (χ1v) is 7.31. The predicted octanol–water partition coefficient (Wildman–Crippen LogP) is 2.71. The molecule has 0 bridgehead atoms. The number of nitrogens with one attached hydrogen (secondary N) is 1. The molecule has 20 heavy (non-hydrogen) atoms. The second-order valence-electron chi connectivity index (χ2n) is 5.64. The van der Waals surface area contributed by atoms with Gasteiger partial charge in [0.25, 0.3) is 0 Å². The molecule has 0 aliphatic heterocycles. The molecule has 4 nitrogen and oxygen atoms in total. The van der Waals surface area contributed by atoms with Gasteiger partial charge in [-0.2, -0.15) is 0 Å². The lowest BCUT2D eigenvalue weighted by atomic mass is 9.95. The number of rotatable bonds is 6. The molecule has 0 aliphatic rings. The van der Waals surface area contributed by atoms with Crippen molar-refractivity contribution in [2.24, 2.45) is 5.41 Å². The van der Waals surface area contributed by atoms with Gasteiger partial charge in [-0.1, -0.05) is 32.0 Å². The number of aromatic carboxylic acids is 1. The van der Waals surface area contributed by atoms with E-state index in [-0.39, 0.29) is 12.0 Å². The first kappa shape index (κ1) is 15.0. The Kier molecular flexibility index (Phi) is 4.42. The van der Waals surface area contributed by atoms with Crippen molar-refractivity contribution in [3.63, 3.8) is 0 Å². The zero-order chi connectivity index (χ0) is 14.8. The lowest BCUT2D eigenvalue weighted by Gasteiger charge is -2.22. The molecule has 5 heteroatoms. The molecule has 2 aromatic rings. The number of carboxylic acid groups (broad SMARTS) is 1. The van der Waals surface area contributed by atoms with Gasteiger partial charge in [-0.05, 0) is 17.0 Å². The Morgan fingerprint density at radius 3 is 2.70 bits per heavy atom. The van der Waals surface area contributed by atoms with E-state index in [0.717, 1.165) is 15.6 Å². The van der Waals surface area contributed by atoms with Crippen molar-refractivity contribution in [2.45, 2.75) is 20.4 Å². The summed E-state index contributed by atoms with van der Waals surface area (Å²) in [6.07, 6.45) is 0. The number of hydrogen-bond donors (Lipinski definition) is 3. The van der Waals surface area contributed by atoms with Crippen molar-refractivity contribution < 1.29 is 15.0 Å². The molecule has 3 N–H and O–H groups in total. The van der Waals surface area contributed by atoms with Crippen molar-refractivity contribution in [1.82, 2.24) is 5.32 Å². The van der Waals surface area contributed by atoms with Crippen molar-refractivity contribution in [3.05, 3.63) is 34.7 Å². The molecule has 1 heterocycles. The maximum Gasteiger partial charge on any atom is 0.346 e. The van der Waals surface area contributed by atoms with Crippen molar-refractivity contribution in [1.29, 1.82) is 0 Å². The average molecular weight is 293 g/mol. The molecular formula is C15H19NO3S. The van der Waals surface area contributed by atoms with Crippen LogP contribution in [0.4, 0.5) is 0 Å². The van der Waals surface area contributed by atoms with E-state index >= 15 is 0 Å². The summed E-state index contributed by atoms with van der Waals surface area (Å²) in [5.74, 6) is -0.885. The Bertz CT molecular complexity index is 619. The van der Waals surface area contributed by atoms with Gasteiger partial charge in [0, 0.05) is 29.8 Å². The molecule has 0 unspecified atom stereocenters. The van der Waals surface area contributed by atoms with Crippen LogP contribution in [0, 0.1) is 5.41 Å². The summed E-state index contributed by atoms with van der Waals surface area (Å²) in [5, 5.41) is 22.8. The minimum absolute atomic E-state index is 0.0934. The molecule has 0 amide bonds. The number of thiophene rings is 1. The third-order valence-corrected chi connectivity index (χ3v) is 4.43. The van der Waals surface area contributed by atoms with Crippen LogP contribution in [0.1, 0.15) is 29.1 Å². The number of hydrogen-bond acceptors (Lipinski definition) is 4. The summed E-state index contributed by atoms with van der Waals surface area (Å²) in [6.45, 7) is 5.14. The van der Waals surface area contributed by atoms with Crippen molar-refractivity contribution in [2.75, 3.05) is 13.2 Å². The second-order valence-corrected chi connectivity index (χ2v) is 6.69. The number of aliphatic hydroxyl groups is 1. The fraction of sp³-hybridized carbons (Fsp3) is 0.400. The normalized spacial score (nSPS) is 11.9. The predicted molar refractivity (Wildman–Crippen MR) is 81.4 cm³/mol. The highest BCUT2D eigenvalue weighted by atomic mass is 32.1. The third-order valence-electron chi connectivity index (χ3n) is 3.23. The van der Waals surface area contributed by atoms with Gasteiger partial charge >= 0.3 is 5.97 Å². The van der Waals surface area contributed by atoms with E-state index in [4.69, 9.17) is 0 Å². The van der Waals surface area contributed by atoms with E-state index in [1.54, 1.807) is 0 Å². The van der Waals surface area contributed by atoms with Gasteiger partial charge in [0.2, 0.25) is 0 Å². The Balaban J connectivity index is 2.24. The highest BCUT2D eigenvalue weighted by Gasteiger charge is 2.19. The highest BCUT2D eigenvalue weighted by molar-refractivity contribution is 7.21. The molecule has 0 atom stereocenters. The number of carboxylic acids is 1. The first-order valence-electron chi connectivity index (χ1n) is 6.50. The zero-order valence-corrected chi connectivity index (χ0v) is 12.5. The van der Waals surface area contributed by atoms with Gasteiger partial charge in [0.05, 0.1) is 0 Å². The summed E-state index contributed by atoms with van der Waals surface area (Å²) < 4.78 is 0.989. The van der Waals surface area contributed by atoms with E-state index in [9.17, 15) is 15.0 Å². The fourth-order valence-electron chi connectivity index (χ4n) is 2.03. The second kappa shape index (κ2) is 5.91. The van der Waals surface area contributed by atoms with Crippen LogP contribution in [0.15, 0.2) is 24.3 Å². The van der Waals surface area contributed by atoms with Crippen molar-refractivity contribution in [3.8, 4) is 0 Å². The highest BCUT2D eigenvalue weighted by Crippen LogP contribution is 2.31. The van der Waals surface area contributed by atoms with Gasteiger partial charge in [-0.3, -0.25) is 0 Å². The molecule has 0 saturated carbocycles. The molecule has 0 radical (unpaired) electrons. The van der Waals surface area contributed by atoms with Gasteiger partial charge in [-0.25, -0.2) is 4.79 Å². The van der Waals surface area contributed by atoms with Crippen molar-refractivity contribution >= 4 is 27.4 Å². The molecule has 108 valence electrons. The van der Waals surface area contributed by atoms with Crippen LogP contribution in [0.25, 0.3) is 10.1 Å². The Hall–Kier alpha value is -1.43. The van der Waals surface area contributed by atoms with Crippen LogP contribution in [0.5, 0.6) is 0 Å². The molecule has 1 aromatic heterocycles. The standard InChI is InChI=1S/C15H19NO3S/c1-15(2,9-17)8-16-7-11-10-5-3-4-6-12(10)20-13(11)14(18)19/h3-6,16-17H,7-9H2,1-2H3,(H,18,19). The summed E-state index contributed by atoms with van der Waals surface area (Å²) in [7, 11) is 0. The number of fused-ring (bicyclic) bond motifs is 1. The van der Waals surface area contributed by atoms with Crippen LogP contribution in [-0.2, 0) is 6.54 Å². The first-order chi connectivity index (χ1) is 9.44. The quantitative estimate of drug-likeness (QED) is 0.766. The van der Waals surface area contributed by atoms with Gasteiger partial charge in [0.1, 0.15) is 4.88 Å². The van der Waals surface area contributed by atoms with Crippen LogP contribution < -0.4 is 5.32 Å². The van der Waals surface area contributed by atoms with E-state index < -0.39 is 5.97 Å². The molecule has 0 saturated heterocycles. The molecular weight excluding hydrogens is 274 g/mol. The molecule has 1 aromatic carbocycles. The number of aliphatic hydroxyl groups excluding tert-OH is 1. The molecule has 0 aliphatic carbocycles. The van der Waals surface area contributed by atoms with Crippen LogP contribution in [0.2, 0.25) is 0 Å². The summed E-state index contributed by atoms with van der Waals surface area (Å²) in [6, 6.07) is 7.72. The summed E-state index contributed by atoms with van der Waals surface area (Å²) in [4.78, 5) is 11.7. The number of carbonyl (C=O) groups is 1. The smallest absolute Gasteiger partial charge is 0.346 e. The van der Waals surface area contributed by atoms with E-state index in [2.05, 4.69) is 5.32 Å². The van der Waals surface area contributed by atoms with Gasteiger partial charge in [0.15, 0.2) is 0 Å². The monoisotopic (exact) mass is 293 g/mol. The van der Waals surface area contributed by atoms with E-state index in [1.807, 2.05) is 38.1 Å². The molecule has 0 spiro atoms. The van der Waals surface area contributed by atoms with Gasteiger partial charge < -0.3 is 15.5 Å². The third kappa shape index (κ3) is 3.17. The minimum atomic E-state index is -0.885. The van der Waals surface area contributed by atoms with Crippen LogP contribution >= 0.6 is 11.3 Å². The number of benzene rings is 1. The lowest BCUT2D eigenvalue weighted by molar-refractivity contribution is 0.0701. The van der Waals surface area contributed by atoms with E-state index in [1.165, 1.54) is 11.3 Å². The Labute approximate surface area is 122 Å². The van der Waals surface area contributed by atoms with Crippen LogP contribution in [-0.4, -0.2) is 29.3 Å². The Morgan fingerprint density at radius 2 is 2.05 bits per heavy atom. The molecule has 2 rings (SSSR count). The van der Waals surface area contributed by atoms with Crippen LogP contribution in [0.3, 0.4) is 0 Å². The maximum absolute atomic E-state index is 11.4. The fourth-order valence-corrected chi connectivity index (χ4v) is 3.09. The molecule has 0 fully saturated rings.